The lowest BCUT2D eigenvalue weighted by Gasteiger charge is -2.32. The first-order valence-corrected chi connectivity index (χ1v) is 7.17. The fourth-order valence-electron chi connectivity index (χ4n) is 1.95. The molecule has 0 bridgehead atoms. The third kappa shape index (κ3) is 4.10. The molecule has 1 heterocycles. The maximum absolute atomic E-state index is 12.0. The first kappa shape index (κ1) is 14.1. The third-order valence-corrected chi connectivity index (χ3v) is 4.51. The molecule has 0 atom stereocenters. The van der Waals surface area contributed by atoms with E-state index < -0.39 is 15.9 Å². The van der Waals surface area contributed by atoms with Crippen LogP contribution in [-0.4, -0.2) is 50.1 Å². The van der Waals surface area contributed by atoms with E-state index in [-0.39, 0.29) is 18.3 Å². The first-order valence-electron chi connectivity index (χ1n) is 5.57. The molecule has 0 aromatic carbocycles. The summed E-state index contributed by atoms with van der Waals surface area (Å²) < 4.78 is 25.2. The lowest BCUT2D eigenvalue weighted by atomic mass is 10.1. The highest BCUT2D eigenvalue weighted by molar-refractivity contribution is 7.89. The van der Waals surface area contributed by atoms with Crippen LogP contribution in [0.1, 0.15) is 12.8 Å². The van der Waals surface area contributed by atoms with E-state index in [1.807, 2.05) is 0 Å². The minimum atomic E-state index is -3.48. The summed E-state index contributed by atoms with van der Waals surface area (Å²) in [7, 11) is -3.48. The molecule has 0 spiro atoms. The fourth-order valence-corrected chi connectivity index (χ4v) is 3.43. The maximum Gasteiger partial charge on any atom is 0.232 e. The summed E-state index contributed by atoms with van der Waals surface area (Å²) in [5.41, 5.74) is 5.11. The van der Waals surface area contributed by atoms with Gasteiger partial charge in [0, 0.05) is 6.04 Å². The van der Waals surface area contributed by atoms with Crippen LogP contribution in [0.3, 0.4) is 0 Å². The van der Waals surface area contributed by atoms with Crippen molar-refractivity contribution in [3.63, 3.8) is 0 Å². The Morgan fingerprint density at radius 2 is 2.06 bits per heavy atom. The van der Waals surface area contributed by atoms with Crippen molar-refractivity contribution in [2.24, 2.45) is 5.73 Å². The van der Waals surface area contributed by atoms with Crippen molar-refractivity contribution in [2.75, 3.05) is 25.4 Å². The highest BCUT2D eigenvalue weighted by Crippen LogP contribution is 2.16. The first-order chi connectivity index (χ1) is 7.97. The lowest BCUT2D eigenvalue weighted by molar-refractivity contribution is -0.118. The van der Waals surface area contributed by atoms with E-state index in [9.17, 15) is 13.2 Å². The zero-order valence-corrected chi connectivity index (χ0v) is 10.6. The van der Waals surface area contributed by atoms with E-state index in [0.29, 0.717) is 12.8 Å². The van der Waals surface area contributed by atoms with Crippen LogP contribution >= 0.6 is 0 Å². The molecular weight excluding hydrogens is 242 g/mol. The summed E-state index contributed by atoms with van der Waals surface area (Å²) in [5.74, 6) is -0.791. The fraction of sp³-hybridized carbons (Fsp3) is 0.700. The van der Waals surface area contributed by atoms with E-state index in [2.05, 4.69) is 11.9 Å². The molecule has 98 valence electrons. The smallest absolute Gasteiger partial charge is 0.232 e. The van der Waals surface area contributed by atoms with E-state index >= 15 is 0 Å². The van der Waals surface area contributed by atoms with Crippen molar-refractivity contribution in [2.45, 2.75) is 18.9 Å². The van der Waals surface area contributed by atoms with Gasteiger partial charge in [-0.15, -0.1) is 6.58 Å². The van der Waals surface area contributed by atoms with Crippen LogP contribution in [0, 0.1) is 0 Å². The zero-order chi connectivity index (χ0) is 12.9. The van der Waals surface area contributed by atoms with Crippen LogP contribution < -0.4 is 11.1 Å². The van der Waals surface area contributed by atoms with Crippen molar-refractivity contribution in [1.82, 2.24) is 9.62 Å². The number of primary amides is 1. The van der Waals surface area contributed by atoms with Gasteiger partial charge in [0.1, 0.15) is 0 Å². The molecule has 0 aliphatic carbocycles. The van der Waals surface area contributed by atoms with E-state index in [1.165, 1.54) is 10.4 Å². The average Bonchev–Trinajstić information content (AvgIpc) is 2.26. The Bertz CT molecular complexity index is 374. The second-order valence-corrected chi connectivity index (χ2v) is 6.03. The molecule has 0 saturated carbocycles. The van der Waals surface area contributed by atoms with Crippen LogP contribution in [0.25, 0.3) is 0 Å². The van der Waals surface area contributed by atoms with Gasteiger partial charge in [-0.3, -0.25) is 4.79 Å². The van der Waals surface area contributed by atoms with E-state index in [1.54, 1.807) is 0 Å². The molecule has 1 amide bonds. The minimum absolute atomic E-state index is 0.145. The Balaban J connectivity index is 2.85. The quantitative estimate of drug-likeness (QED) is 0.602. The summed E-state index contributed by atoms with van der Waals surface area (Å²) in [6, 6.07) is -0.145. The van der Waals surface area contributed by atoms with Crippen molar-refractivity contribution in [3.8, 4) is 0 Å². The third-order valence-electron chi connectivity index (χ3n) is 2.71. The molecular formula is C10H19N3O3S. The molecule has 1 fully saturated rings. The molecule has 3 N–H and O–H groups in total. The largest absolute Gasteiger partial charge is 0.369 e. The van der Waals surface area contributed by atoms with Crippen LogP contribution in [0.2, 0.25) is 0 Å². The Morgan fingerprint density at radius 3 is 2.53 bits per heavy atom. The van der Waals surface area contributed by atoms with Gasteiger partial charge in [-0.05, 0) is 25.9 Å². The van der Waals surface area contributed by atoms with E-state index in [4.69, 9.17) is 5.73 Å². The maximum atomic E-state index is 12.0. The molecule has 17 heavy (non-hydrogen) atoms. The molecule has 0 radical (unpaired) electrons. The number of piperidine rings is 1. The average molecular weight is 261 g/mol. The molecule has 1 aliphatic rings. The van der Waals surface area contributed by atoms with Crippen molar-refractivity contribution in [1.29, 1.82) is 0 Å². The van der Waals surface area contributed by atoms with Gasteiger partial charge in [-0.25, -0.2) is 8.42 Å². The lowest BCUT2D eigenvalue weighted by Crippen LogP contribution is -2.49. The van der Waals surface area contributed by atoms with Gasteiger partial charge in [0.05, 0.1) is 12.3 Å². The number of nitrogens with one attached hydrogen (secondary N) is 1. The van der Waals surface area contributed by atoms with Crippen molar-refractivity contribution in [3.05, 3.63) is 12.7 Å². The second kappa shape index (κ2) is 6.13. The topological polar surface area (TPSA) is 92.5 Å². The predicted molar refractivity (Wildman–Crippen MR) is 65.8 cm³/mol. The molecule has 1 aliphatic heterocycles. The minimum Gasteiger partial charge on any atom is -0.369 e. The number of sulfonamides is 1. The van der Waals surface area contributed by atoms with Crippen molar-refractivity contribution < 1.29 is 13.2 Å². The van der Waals surface area contributed by atoms with E-state index in [0.717, 1.165) is 13.1 Å². The second-order valence-electron chi connectivity index (χ2n) is 4.06. The Hall–Kier alpha value is -0.920. The monoisotopic (exact) mass is 261 g/mol. The standard InChI is InChI=1S/C10H19N3O3S/c1-2-7-17(15,16)13(8-10(11)14)9-3-5-12-6-4-9/h2,9,12H,1,3-8H2,(H2,11,14). The molecule has 1 saturated heterocycles. The number of nitrogens with zero attached hydrogens (tertiary/aromatic N) is 1. The summed E-state index contributed by atoms with van der Waals surface area (Å²) in [6.07, 6.45) is 2.72. The molecule has 1 rings (SSSR count). The zero-order valence-electron chi connectivity index (χ0n) is 9.76. The number of hydrogen-bond donors (Lipinski definition) is 2. The van der Waals surface area contributed by atoms with Gasteiger partial charge in [0.2, 0.25) is 15.9 Å². The molecule has 0 unspecified atom stereocenters. The number of rotatable bonds is 6. The van der Waals surface area contributed by atoms with Crippen molar-refractivity contribution >= 4 is 15.9 Å². The Labute approximate surface area is 102 Å². The summed E-state index contributed by atoms with van der Waals surface area (Å²) in [4.78, 5) is 11.0. The number of amides is 1. The number of nitrogens with two attached hydrogens (primary N) is 1. The van der Waals surface area contributed by atoms with Crippen LogP contribution in [0.4, 0.5) is 0 Å². The predicted octanol–water partition coefficient (Wildman–Crippen LogP) is -0.958. The number of carbonyl (C=O) groups is 1. The normalized spacial score (nSPS) is 18.2. The van der Waals surface area contributed by atoms with Gasteiger partial charge >= 0.3 is 0 Å². The summed E-state index contributed by atoms with van der Waals surface area (Å²) in [6.45, 7) is 4.68. The van der Waals surface area contributed by atoms with Crippen LogP contribution in [0.5, 0.6) is 0 Å². The van der Waals surface area contributed by atoms with Gasteiger partial charge in [-0.2, -0.15) is 4.31 Å². The Morgan fingerprint density at radius 1 is 1.47 bits per heavy atom. The highest BCUT2D eigenvalue weighted by Gasteiger charge is 2.31. The Kier molecular flexibility index (Phi) is 5.10. The summed E-state index contributed by atoms with van der Waals surface area (Å²) in [5, 5.41) is 3.15. The van der Waals surface area contributed by atoms with Crippen LogP contribution in [-0.2, 0) is 14.8 Å². The van der Waals surface area contributed by atoms with Gasteiger partial charge in [0.25, 0.3) is 0 Å². The molecule has 7 heteroatoms. The summed E-state index contributed by atoms with van der Waals surface area (Å²) >= 11 is 0. The number of hydrogen-bond acceptors (Lipinski definition) is 4. The van der Waals surface area contributed by atoms with Crippen LogP contribution in [0.15, 0.2) is 12.7 Å². The van der Waals surface area contributed by atoms with Gasteiger partial charge < -0.3 is 11.1 Å². The molecule has 0 aromatic heterocycles. The SMILES string of the molecule is C=CCS(=O)(=O)N(CC(N)=O)C1CCNCC1. The molecule has 0 aromatic rings. The van der Waals surface area contributed by atoms with Gasteiger partial charge in [-0.1, -0.05) is 6.08 Å². The van der Waals surface area contributed by atoms with Gasteiger partial charge in [0.15, 0.2) is 0 Å². The highest BCUT2D eigenvalue weighted by atomic mass is 32.2. The molecule has 6 nitrogen and oxygen atoms in total. The number of carbonyl (C=O) groups excluding carboxylic acids is 1.